The number of ether oxygens (including phenoxy) is 3. The monoisotopic (exact) mass is 645 g/mol. The lowest BCUT2D eigenvalue weighted by Gasteiger charge is -2.40. The number of nitrogens with one attached hydrogen (secondary N) is 1. The number of rotatable bonds is 11. The molecule has 2 atom stereocenters. The third-order valence-corrected chi connectivity index (χ3v) is 9.14. The SMILES string of the molecule is COCCCOc1cc(N(C(=O)[C@@H]2C[C@H](C(=O)NC3(c4ccncc4)CCCC3)CN(C(=O)OC(C)(C)C)C2)C2CC2)ccc1C#N. The Morgan fingerprint density at radius 2 is 1.77 bits per heavy atom. The van der Waals surface area contributed by atoms with Crippen LogP contribution in [0.2, 0.25) is 0 Å². The lowest BCUT2D eigenvalue weighted by molar-refractivity contribution is -0.132. The van der Waals surface area contributed by atoms with E-state index < -0.39 is 29.1 Å². The van der Waals surface area contributed by atoms with Crippen molar-refractivity contribution in [1.82, 2.24) is 15.2 Å². The van der Waals surface area contributed by atoms with Crippen molar-refractivity contribution in [2.75, 3.05) is 38.3 Å². The van der Waals surface area contributed by atoms with Crippen molar-refractivity contribution in [2.24, 2.45) is 11.8 Å². The van der Waals surface area contributed by atoms with E-state index in [2.05, 4.69) is 16.4 Å². The number of hydrogen-bond acceptors (Lipinski definition) is 8. The van der Waals surface area contributed by atoms with Crippen LogP contribution in [0.1, 0.15) is 83.3 Å². The van der Waals surface area contributed by atoms with Crippen LogP contribution in [0.5, 0.6) is 5.75 Å². The Labute approximate surface area is 277 Å². The number of carbonyl (C=O) groups excluding carboxylic acids is 3. The highest BCUT2D eigenvalue weighted by Crippen LogP contribution is 2.40. The van der Waals surface area contributed by atoms with Crippen LogP contribution in [0, 0.1) is 23.2 Å². The normalized spacial score (nSPS) is 20.6. The summed E-state index contributed by atoms with van der Waals surface area (Å²) >= 11 is 0. The summed E-state index contributed by atoms with van der Waals surface area (Å²) in [4.78, 5) is 49.5. The molecule has 0 bridgehead atoms. The first-order valence-corrected chi connectivity index (χ1v) is 16.7. The summed E-state index contributed by atoms with van der Waals surface area (Å²) in [6.07, 6.45) is 9.22. The Kier molecular flexibility index (Phi) is 10.7. The van der Waals surface area contributed by atoms with Crippen LogP contribution in [0.25, 0.3) is 0 Å². The molecule has 2 heterocycles. The molecule has 3 amide bonds. The zero-order chi connectivity index (χ0) is 33.6. The van der Waals surface area contributed by atoms with Crippen molar-refractivity contribution in [2.45, 2.75) is 89.3 Å². The van der Waals surface area contributed by atoms with Crippen LogP contribution in [0.15, 0.2) is 42.7 Å². The molecule has 3 fully saturated rings. The number of pyridine rings is 1. The summed E-state index contributed by atoms with van der Waals surface area (Å²) in [5.41, 5.74) is 0.803. The lowest BCUT2D eigenvalue weighted by atomic mass is 9.84. The maximum absolute atomic E-state index is 14.5. The number of methoxy groups -OCH3 is 1. The van der Waals surface area contributed by atoms with E-state index in [1.807, 2.05) is 12.1 Å². The van der Waals surface area contributed by atoms with Crippen LogP contribution in [-0.4, -0.2) is 72.8 Å². The van der Waals surface area contributed by atoms with Crippen molar-refractivity contribution < 1.29 is 28.6 Å². The average Bonchev–Trinajstić information content (AvgIpc) is 3.78. The molecular formula is C36H47N5O6. The number of amides is 3. The molecule has 1 aromatic heterocycles. The third-order valence-electron chi connectivity index (χ3n) is 9.14. The van der Waals surface area contributed by atoms with Crippen molar-refractivity contribution in [1.29, 1.82) is 5.26 Å². The van der Waals surface area contributed by atoms with Crippen molar-refractivity contribution in [3.05, 3.63) is 53.9 Å². The molecule has 2 aliphatic carbocycles. The molecule has 5 rings (SSSR count). The molecule has 0 spiro atoms. The summed E-state index contributed by atoms with van der Waals surface area (Å²) in [6, 6.07) is 11.3. The fraction of sp³-hybridized carbons (Fsp3) is 0.583. The van der Waals surface area contributed by atoms with Crippen molar-refractivity contribution in [3.63, 3.8) is 0 Å². The van der Waals surface area contributed by atoms with Gasteiger partial charge in [0, 0.05) is 63.4 Å². The van der Waals surface area contributed by atoms with Gasteiger partial charge in [-0.3, -0.25) is 14.6 Å². The Hall–Kier alpha value is -4.17. The van der Waals surface area contributed by atoms with E-state index in [1.54, 1.807) is 63.4 Å². The molecule has 1 N–H and O–H groups in total. The van der Waals surface area contributed by atoms with E-state index in [4.69, 9.17) is 14.2 Å². The zero-order valence-electron chi connectivity index (χ0n) is 28.0. The molecule has 47 heavy (non-hydrogen) atoms. The van der Waals surface area contributed by atoms with Gasteiger partial charge in [0.1, 0.15) is 17.4 Å². The number of benzene rings is 1. The van der Waals surface area contributed by atoms with Gasteiger partial charge in [0.05, 0.1) is 29.5 Å². The maximum atomic E-state index is 14.5. The highest BCUT2D eigenvalue weighted by atomic mass is 16.6. The predicted octanol–water partition coefficient (Wildman–Crippen LogP) is 5.32. The summed E-state index contributed by atoms with van der Waals surface area (Å²) in [5, 5.41) is 13.1. The Balaban J connectivity index is 1.41. The van der Waals surface area contributed by atoms with Gasteiger partial charge in [0.2, 0.25) is 11.8 Å². The molecule has 252 valence electrons. The second-order valence-electron chi connectivity index (χ2n) is 14.0. The largest absolute Gasteiger partial charge is 0.492 e. The molecule has 1 aliphatic heterocycles. The van der Waals surface area contributed by atoms with Crippen molar-refractivity contribution >= 4 is 23.6 Å². The standard InChI is InChI=1S/C36H47N5O6/c1-35(2,3)47-34(44)40-23-26(32(42)39-36(14-5-6-15-36)28-12-16-38-17-13-28)20-27(24-40)33(43)41(29-10-11-29)30-9-8-25(22-37)31(21-30)46-19-7-18-45-4/h8-9,12-13,16-17,21,26-27,29H,5-7,10-11,14-15,18-20,23-24H2,1-4H3,(H,39,42)/t26-,27+/m0/s1. The molecule has 0 unspecified atom stereocenters. The van der Waals surface area contributed by atoms with Gasteiger partial charge in [0.15, 0.2) is 0 Å². The minimum Gasteiger partial charge on any atom is -0.492 e. The van der Waals surface area contributed by atoms with Gasteiger partial charge in [-0.25, -0.2) is 4.79 Å². The van der Waals surface area contributed by atoms with Gasteiger partial charge in [-0.1, -0.05) is 12.8 Å². The molecule has 11 heteroatoms. The number of nitrogens with zero attached hydrogens (tertiary/aromatic N) is 4. The molecule has 0 radical (unpaired) electrons. The number of piperidine rings is 1. The fourth-order valence-electron chi connectivity index (χ4n) is 6.72. The second kappa shape index (κ2) is 14.7. The molecular weight excluding hydrogens is 598 g/mol. The first-order chi connectivity index (χ1) is 22.5. The molecule has 11 nitrogen and oxygen atoms in total. The molecule has 2 saturated carbocycles. The number of carbonyl (C=O) groups is 3. The van der Waals surface area contributed by atoms with Crippen LogP contribution < -0.4 is 15.0 Å². The Bertz CT molecular complexity index is 1460. The van der Waals surface area contributed by atoms with Gasteiger partial charge in [-0.2, -0.15) is 5.26 Å². The van der Waals surface area contributed by atoms with E-state index >= 15 is 0 Å². The second-order valence-corrected chi connectivity index (χ2v) is 14.0. The first-order valence-electron chi connectivity index (χ1n) is 16.7. The smallest absolute Gasteiger partial charge is 0.410 e. The minimum atomic E-state index is -0.733. The third kappa shape index (κ3) is 8.41. The average molecular weight is 646 g/mol. The Morgan fingerprint density at radius 3 is 2.40 bits per heavy atom. The number of likely N-dealkylation sites (tertiary alicyclic amines) is 1. The number of hydrogen-bond donors (Lipinski definition) is 1. The highest BCUT2D eigenvalue weighted by molar-refractivity contribution is 5.97. The molecule has 2 aromatic rings. The van der Waals surface area contributed by atoms with Gasteiger partial charge in [-0.05, 0) is 82.7 Å². The van der Waals surface area contributed by atoms with Gasteiger partial charge < -0.3 is 29.3 Å². The van der Waals surface area contributed by atoms with E-state index in [9.17, 15) is 19.6 Å². The number of aromatic nitrogens is 1. The van der Waals surface area contributed by atoms with Crippen LogP contribution >= 0.6 is 0 Å². The maximum Gasteiger partial charge on any atom is 0.410 e. The molecule has 1 saturated heterocycles. The van der Waals surface area contributed by atoms with Crippen LogP contribution in [0.3, 0.4) is 0 Å². The van der Waals surface area contributed by atoms with E-state index in [0.717, 1.165) is 44.1 Å². The lowest BCUT2D eigenvalue weighted by Crippen LogP contribution is -2.55. The van der Waals surface area contributed by atoms with Gasteiger partial charge in [-0.15, -0.1) is 0 Å². The fourth-order valence-corrected chi connectivity index (χ4v) is 6.72. The first kappa shape index (κ1) is 34.2. The number of nitriles is 1. The number of anilines is 1. The summed E-state index contributed by atoms with van der Waals surface area (Å²) in [6.45, 7) is 6.61. The van der Waals surface area contributed by atoms with E-state index in [0.29, 0.717) is 43.1 Å². The minimum absolute atomic E-state index is 0.00518. The summed E-state index contributed by atoms with van der Waals surface area (Å²) in [7, 11) is 1.62. The topological polar surface area (TPSA) is 134 Å². The van der Waals surface area contributed by atoms with E-state index in [-0.39, 0.29) is 30.9 Å². The van der Waals surface area contributed by atoms with Crippen LogP contribution in [-0.2, 0) is 24.6 Å². The predicted molar refractivity (Wildman–Crippen MR) is 176 cm³/mol. The van der Waals surface area contributed by atoms with Gasteiger partial charge in [0.25, 0.3) is 0 Å². The summed E-state index contributed by atoms with van der Waals surface area (Å²) < 4.78 is 16.8. The molecule has 3 aliphatic rings. The highest BCUT2D eigenvalue weighted by Gasteiger charge is 2.45. The van der Waals surface area contributed by atoms with Crippen LogP contribution in [0.4, 0.5) is 10.5 Å². The quantitative estimate of drug-likeness (QED) is 0.325. The van der Waals surface area contributed by atoms with E-state index in [1.165, 1.54) is 4.90 Å². The molecule has 1 aromatic carbocycles. The zero-order valence-corrected chi connectivity index (χ0v) is 28.0. The van der Waals surface area contributed by atoms with Crippen molar-refractivity contribution in [3.8, 4) is 11.8 Å². The van der Waals surface area contributed by atoms with Gasteiger partial charge >= 0.3 is 6.09 Å². The summed E-state index contributed by atoms with van der Waals surface area (Å²) in [5.74, 6) is -1.15. The Morgan fingerprint density at radius 1 is 1.06 bits per heavy atom.